The molecule has 23 heavy (non-hydrogen) atoms. The van der Waals surface area contributed by atoms with Crippen LogP contribution in [0.15, 0.2) is 18.2 Å². The van der Waals surface area contributed by atoms with Crippen LogP contribution in [0.4, 0.5) is 5.69 Å². The molecule has 0 heterocycles. The maximum atomic E-state index is 11.7. The first-order valence-electron chi connectivity index (χ1n) is 7.55. The third-order valence-electron chi connectivity index (χ3n) is 2.86. The summed E-state index contributed by atoms with van der Waals surface area (Å²) >= 11 is 0. The monoisotopic (exact) mass is 323 g/mol. The molecule has 0 saturated heterocycles. The number of nitrogen functional groups attached to an aromatic ring is 1. The number of carbonyl (C=O) groups is 2. The van der Waals surface area contributed by atoms with E-state index in [0.29, 0.717) is 42.9 Å². The Morgan fingerprint density at radius 1 is 1.17 bits per heavy atom. The fourth-order valence-corrected chi connectivity index (χ4v) is 1.88. The van der Waals surface area contributed by atoms with Crippen molar-refractivity contribution in [2.45, 2.75) is 45.6 Å². The molecule has 0 aliphatic carbocycles. The SMILES string of the molecule is COC(=O)c1ccc(N)cc1OCCCCC(=O)OC(C)(C)C. The lowest BCUT2D eigenvalue weighted by molar-refractivity contribution is -0.154. The third-order valence-corrected chi connectivity index (χ3v) is 2.86. The molecular weight excluding hydrogens is 298 g/mol. The van der Waals surface area contributed by atoms with Crippen LogP contribution in [0, 0.1) is 0 Å². The molecule has 128 valence electrons. The van der Waals surface area contributed by atoms with Gasteiger partial charge in [-0.1, -0.05) is 0 Å². The van der Waals surface area contributed by atoms with Crippen molar-refractivity contribution in [2.75, 3.05) is 19.5 Å². The summed E-state index contributed by atoms with van der Waals surface area (Å²) < 4.78 is 15.5. The zero-order valence-electron chi connectivity index (χ0n) is 14.2. The maximum absolute atomic E-state index is 11.7. The van der Waals surface area contributed by atoms with Gasteiger partial charge in [-0.3, -0.25) is 4.79 Å². The van der Waals surface area contributed by atoms with Gasteiger partial charge < -0.3 is 19.9 Å². The molecule has 0 radical (unpaired) electrons. The summed E-state index contributed by atoms with van der Waals surface area (Å²) in [4.78, 5) is 23.2. The van der Waals surface area contributed by atoms with E-state index in [1.54, 1.807) is 18.2 Å². The van der Waals surface area contributed by atoms with Gasteiger partial charge in [-0.05, 0) is 45.7 Å². The van der Waals surface area contributed by atoms with Gasteiger partial charge in [0.15, 0.2) is 0 Å². The van der Waals surface area contributed by atoms with Gasteiger partial charge in [-0.2, -0.15) is 0 Å². The first-order valence-corrected chi connectivity index (χ1v) is 7.55. The van der Waals surface area contributed by atoms with E-state index in [-0.39, 0.29) is 5.97 Å². The van der Waals surface area contributed by atoms with E-state index < -0.39 is 11.6 Å². The van der Waals surface area contributed by atoms with Gasteiger partial charge in [0.05, 0.1) is 13.7 Å². The molecule has 6 nitrogen and oxygen atoms in total. The van der Waals surface area contributed by atoms with E-state index in [2.05, 4.69) is 0 Å². The second-order valence-corrected chi connectivity index (χ2v) is 6.14. The Morgan fingerprint density at radius 2 is 1.87 bits per heavy atom. The summed E-state index contributed by atoms with van der Waals surface area (Å²) in [6.45, 7) is 5.88. The zero-order valence-corrected chi connectivity index (χ0v) is 14.2. The average molecular weight is 323 g/mol. The molecule has 1 aromatic carbocycles. The van der Waals surface area contributed by atoms with Crippen LogP contribution < -0.4 is 10.5 Å². The molecule has 0 spiro atoms. The number of carbonyl (C=O) groups excluding carboxylic acids is 2. The van der Waals surface area contributed by atoms with Crippen molar-refractivity contribution >= 4 is 17.6 Å². The Kier molecular flexibility index (Phi) is 6.88. The number of nitrogens with two attached hydrogens (primary N) is 1. The van der Waals surface area contributed by atoms with Gasteiger partial charge in [0, 0.05) is 18.2 Å². The highest BCUT2D eigenvalue weighted by Gasteiger charge is 2.16. The van der Waals surface area contributed by atoms with Crippen LogP contribution in [-0.2, 0) is 14.3 Å². The fraction of sp³-hybridized carbons (Fsp3) is 0.529. The number of unbranched alkanes of at least 4 members (excludes halogenated alkanes) is 1. The molecule has 0 amide bonds. The van der Waals surface area contributed by atoms with Crippen molar-refractivity contribution in [1.82, 2.24) is 0 Å². The average Bonchev–Trinajstić information content (AvgIpc) is 2.44. The van der Waals surface area contributed by atoms with E-state index in [0.717, 1.165) is 0 Å². The molecule has 1 rings (SSSR count). The number of methoxy groups -OCH3 is 1. The summed E-state index contributed by atoms with van der Waals surface area (Å²) in [5, 5.41) is 0. The van der Waals surface area contributed by atoms with E-state index in [9.17, 15) is 9.59 Å². The smallest absolute Gasteiger partial charge is 0.341 e. The second-order valence-electron chi connectivity index (χ2n) is 6.14. The van der Waals surface area contributed by atoms with Gasteiger partial charge >= 0.3 is 11.9 Å². The van der Waals surface area contributed by atoms with Crippen molar-refractivity contribution in [1.29, 1.82) is 0 Å². The predicted molar refractivity (Wildman–Crippen MR) is 87.4 cm³/mol. The van der Waals surface area contributed by atoms with Gasteiger partial charge in [0.25, 0.3) is 0 Å². The van der Waals surface area contributed by atoms with Crippen LogP contribution in [0.25, 0.3) is 0 Å². The number of hydrogen-bond donors (Lipinski definition) is 1. The topological polar surface area (TPSA) is 87.9 Å². The first kappa shape index (κ1) is 18.8. The van der Waals surface area contributed by atoms with E-state index in [4.69, 9.17) is 19.9 Å². The zero-order chi connectivity index (χ0) is 17.5. The highest BCUT2D eigenvalue weighted by atomic mass is 16.6. The Hall–Kier alpha value is -2.24. The van der Waals surface area contributed by atoms with Crippen molar-refractivity contribution < 1.29 is 23.8 Å². The van der Waals surface area contributed by atoms with Crippen molar-refractivity contribution in [3.8, 4) is 5.75 Å². The minimum atomic E-state index is -0.478. The summed E-state index contributed by atoms with van der Waals surface area (Å²) in [6.07, 6.45) is 1.64. The Morgan fingerprint density at radius 3 is 2.48 bits per heavy atom. The van der Waals surface area contributed by atoms with Crippen molar-refractivity contribution in [3.63, 3.8) is 0 Å². The summed E-state index contributed by atoms with van der Waals surface area (Å²) in [5.41, 5.74) is 6.07. The highest BCUT2D eigenvalue weighted by molar-refractivity contribution is 5.93. The molecule has 0 bridgehead atoms. The summed E-state index contributed by atoms with van der Waals surface area (Å²) in [6, 6.07) is 4.76. The van der Waals surface area contributed by atoms with Gasteiger partial charge in [-0.15, -0.1) is 0 Å². The van der Waals surface area contributed by atoms with E-state index >= 15 is 0 Å². The van der Waals surface area contributed by atoms with Gasteiger partial charge in [0.2, 0.25) is 0 Å². The number of anilines is 1. The number of esters is 2. The number of hydrogen-bond acceptors (Lipinski definition) is 6. The van der Waals surface area contributed by atoms with Crippen molar-refractivity contribution in [2.24, 2.45) is 0 Å². The molecule has 6 heteroatoms. The van der Waals surface area contributed by atoms with Crippen LogP contribution >= 0.6 is 0 Å². The molecule has 0 unspecified atom stereocenters. The number of rotatable bonds is 7. The molecule has 1 aromatic rings. The summed E-state index contributed by atoms with van der Waals surface area (Å²) in [7, 11) is 1.31. The number of ether oxygens (including phenoxy) is 3. The van der Waals surface area contributed by atoms with Gasteiger partial charge in [-0.25, -0.2) is 4.79 Å². The molecule has 2 N–H and O–H groups in total. The Labute approximate surface area is 136 Å². The summed E-state index contributed by atoms with van der Waals surface area (Å²) in [5.74, 6) is -0.320. The molecule has 0 aromatic heterocycles. The van der Waals surface area contributed by atoms with Crippen LogP contribution in [0.1, 0.15) is 50.4 Å². The number of benzene rings is 1. The lowest BCUT2D eigenvalue weighted by Gasteiger charge is -2.19. The van der Waals surface area contributed by atoms with Crippen LogP contribution in [0.2, 0.25) is 0 Å². The molecule has 0 saturated carbocycles. The Balaban J connectivity index is 2.43. The predicted octanol–water partition coefficient (Wildman–Crippen LogP) is 2.95. The minimum Gasteiger partial charge on any atom is -0.493 e. The third kappa shape index (κ3) is 7.04. The largest absolute Gasteiger partial charge is 0.493 e. The first-order chi connectivity index (χ1) is 10.7. The van der Waals surface area contributed by atoms with Gasteiger partial charge in [0.1, 0.15) is 16.9 Å². The normalized spacial score (nSPS) is 11.0. The fourth-order valence-electron chi connectivity index (χ4n) is 1.88. The van der Waals surface area contributed by atoms with E-state index in [1.165, 1.54) is 7.11 Å². The second kappa shape index (κ2) is 8.41. The molecule has 0 aliphatic rings. The van der Waals surface area contributed by atoms with Crippen molar-refractivity contribution in [3.05, 3.63) is 23.8 Å². The molecule has 0 fully saturated rings. The lowest BCUT2D eigenvalue weighted by atomic mass is 10.1. The lowest BCUT2D eigenvalue weighted by Crippen LogP contribution is -2.23. The molecule has 0 aliphatic heterocycles. The van der Waals surface area contributed by atoms with Crippen LogP contribution in [0.3, 0.4) is 0 Å². The standard InChI is InChI=1S/C17H25NO5/c1-17(2,3)23-15(19)7-5-6-10-22-14-11-12(18)8-9-13(14)16(20)21-4/h8-9,11H,5-7,10,18H2,1-4H3. The molecular formula is C17H25NO5. The Bertz CT molecular complexity index is 548. The minimum absolute atomic E-state index is 0.225. The van der Waals surface area contributed by atoms with Crippen LogP contribution in [-0.4, -0.2) is 31.3 Å². The maximum Gasteiger partial charge on any atom is 0.341 e. The highest BCUT2D eigenvalue weighted by Crippen LogP contribution is 2.23. The quantitative estimate of drug-likeness (QED) is 0.471. The van der Waals surface area contributed by atoms with Crippen LogP contribution in [0.5, 0.6) is 5.75 Å². The van der Waals surface area contributed by atoms with E-state index in [1.807, 2.05) is 20.8 Å². The molecule has 0 atom stereocenters.